The maximum Gasteiger partial charge on any atom is 0.276 e. The van der Waals surface area contributed by atoms with E-state index in [9.17, 15) is 4.79 Å². The highest BCUT2D eigenvalue weighted by molar-refractivity contribution is 5.93. The smallest absolute Gasteiger partial charge is 0.276 e. The number of hydrogen-bond acceptors (Lipinski definition) is 4. The molecule has 2 aromatic carbocycles. The summed E-state index contributed by atoms with van der Waals surface area (Å²) in [5.74, 6) is 0.914. The van der Waals surface area contributed by atoms with Crippen LogP contribution in [0.25, 0.3) is 11.5 Å². The van der Waals surface area contributed by atoms with E-state index >= 15 is 0 Å². The average molecular weight is 398 g/mol. The molecule has 0 saturated carbocycles. The van der Waals surface area contributed by atoms with Gasteiger partial charge in [0.05, 0.1) is 12.3 Å². The van der Waals surface area contributed by atoms with Crippen LogP contribution >= 0.6 is 0 Å². The minimum Gasteiger partial charge on any atom is -0.461 e. The first-order chi connectivity index (χ1) is 14.8. The number of aryl methyl sites for hydroxylation is 1. The molecular formula is C25H22N2O3. The number of aromatic nitrogens is 1. The molecule has 1 unspecified atom stereocenters. The van der Waals surface area contributed by atoms with Crippen molar-refractivity contribution in [1.82, 2.24) is 10.1 Å². The van der Waals surface area contributed by atoms with Gasteiger partial charge in [0.2, 0.25) is 5.76 Å². The number of rotatable bonds is 5. The number of nitrogens with zero attached hydrogens (tertiary/aromatic N) is 2. The number of amides is 1. The SMILES string of the molecule is O=C(c1cc(-c2ccco2)on1)N1CCc2ccccc2C1CCc1ccccc1. The zero-order valence-electron chi connectivity index (χ0n) is 16.5. The van der Waals surface area contributed by atoms with Gasteiger partial charge in [-0.15, -0.1) is 0 Å². The van der Waals surface area contributed by atoms with Gasteiger partial charge in [-0.05, 0) is 48.1 Å². The number of fused-ring (bicyclic) bond motifs is 1. The third-order valence-electron chi connectivity index (χ3n) is 5.72. The summed E-state index contributed by atoms with van der Waals surface area (Å²) in [6, 6.07) is 24.1. The Morgan fingerprint density at radius 1 is 1.00 bits per heavy atom. The molecule has 1 aliphatic heterocycles. The van der Waals surface area contributed by atoms with Gasteiger partial charge in [-0.2, -0.15) is 0 Å². The summed E-state index contributed by atoms with van der Waals surface area (Å²) >= 11 is 0. The second-order valence-electron chi connectivity index (χ2n) is 7.54. The second-order valence-corrected chi connectivity index (χ2v) is 7.54. The van der Waals surface area contributed by atoms with Crippen LogP contribution in [-0.2, 0) is 12.8 Å². The van der Waals surface area contributed by atoms with E-state index in [0.717, 1.165) is 19.3 Å². The third kappa shape index (κ3) is 3.54. The fourth-order valence-corrected chi connectivity index (χ4v) is 4.21. The molecule has 0 bridgehead atoms. The summed E-state index contributed by atoms with van der Waals surface area (Å²) in [6.45, 7) is 0.665. The van der Waals surface area contributed by atoms with Gasteiger partial charge in [0.1, 0.15) is 0 Å². The molecule has 0 aliphatic carbocycles. The Morgan fingerprint density at radius 3 is 2.67 bits per heavy atom. The molecule has 1 atom stereocenters. The quantitative estimate of drug-likeness (QED) is 0.457. The molecule has 2 aromatic heterocycles. The van der Waals surface area contributed by atoms with Crippen molar-refractivity contribution in [1.29, 1.82) is 0 Å². The van der Waals surface area contributed by atoms with Crippen LogP contribution in [0.3, 0.4) is 0 Å². The monoisotopic (exact) mass is 398 g/mol. The van der Waals surface area contributed by atoms with Gasteiger partial charge in [0.25, 0.3) is 5.91 Å². The van der Waals surface area contributed by atoms with Crippen LogP contribution in [0.1, 0.15) is 39.6 Å². The van der Waals surface area contributed by atoms with E-state index in [1.54, 1.807) is 24.5 Å². The molecule has 4 aromatic rings. The largest absolute Gasteiger partial charge is 0.461 e. The number of benzene rings is 2. The first-order valence-corrected chi connectivity index (χ1v) is 10.2. The van der Waals surface area contributed by atoms with Gasteiger partial charge < -0.3 is 13.8 Å². The van der Waals surface area contributed by atoms with Crippen molar-refractivity contribution in [2.24, 2.45) is 0 Å². The molecule has 1 aliphatic rings. The van der Waals surface area contributed by atoms with Crippen molar-refractivity contribution in [3.05, 3.63) is 101 Å². The molecule has 150 valence electrons. The first-order valence-electron chi connectivity index (χ1n) is 10.2. The van der Waals surface area contributed by atoms with E-state index < -0.39 is 0 Å². The Balaban J connectivity index is 1.42. The van der Waals surface area contributed by atoms with Crippen LogP contribution in [0.15, 0.2) is 88.0 Å². The topological polar surface area (TPSA) is 59.5 Å². The molecule has 0 fully saturated rings. The lowest BCUT2D eigenvalue weighted by Gasteiger charge is -2.37. The lowest BCUT2D eigenvalue weighted by atomic mass is 9.88. The Labute approximate surface area is 174 Å². The molecule has 5 heteroatoms. The van der Waals surface area contributed by atoms with E-state index in [0.29, 0.717) is 23.8 Å². The maximum atomic E-state index is 13.4. The van der Waals surface area contributed by atoms with E-state index in [1.165, 1.54) is 16.7 Å². The molecule has 0 radical (unpaired) electrons. The lowest BCUT2D eigenvalue weighted by molar-refractivity contribution is 0.0640. The van der Waals surface area contributed by atoms with Gasteiger partial charge in [-0.25, -0.2) is 0 Å². The number of hydrogen-bond donors (Lipinski definition) is 0. The normalized spacial score (nSPS) is 15.7. The van der Waals surface area contributed by atoms with Gasteiger partial charge >= 0.3 is 0 Å². The summed E-state index contributed by atoms with van der Waals surface area (Å²) in [5.41, 5.74) is 4.12. The summed E-state index contributed by atoms with van der Waals surface area (Å²) < 4.78 is 10.7. The molecule has 30 heavy (non-hydrogen) atoms. The highest BCUT2D eigenvalue weighted by atomic mass is 16.5. The summed E-state index contributed by atoms with van der Waals surface area (Å²) in [4.78, 5) is 15.3. The highest BCUT2D eigenvalue weighted by Gasteiger charge is 2.32. The highest BCUT2D eigenvalue weighted by Crippen LogP contribution is 2.34. The predicted molar refractivity (Wildman–Crippen MR) is 113 cm³/mol. The number of furan rings is 1. The average Bonchev–Trinajstić information content (AvgIpc) is 3.49. The van der Waals surface area contributed by atoms with Gasteiger partial charge in [-0.3, -0.25) is 4.79 Å². The standard InChI is InChI=1S/C25H22N2O3/c28-25(21-17-24(30-26-21)23-11-6-16-29-23)27-15-14-19-9-4-5-10-20(19)22(27)13-12-18-7-2-1-3-8-18/h1-11,16-17,22H,12-15H2. The van der Waals surface area contributed by atoms with Crippen LogP contribution < -0.4 is 0 Å². The molecular weight excluding hydrogens is 376 g/mol. The van der Waals surface area contributed by atoms with E-state index in [-0.39, 0.29) is 11.9 Å². The molecule has 0 spiro atoms. The predicted octanol–water partition coefficient (Wildman–Crippen LogP) is 5.31. The van der Waals surface area contributed by atoms with E-state index in [4.69, 9.17) is 8.94 Å². The van der Waals surface area contributed by atoms with Crippen molar-refractivity contribution in [2.45, 2.75) is 25.3 Å². The van der Waals surface area contributed by atoms with Crippen LogP contribution in [-0.4, -0.2) is 22.5 Å². The first kappa shape index (κ1) is 18.4. The Kier molecular flexibility index (Phi) is 4.93. The van der Waals surface area contributed by atoms with Crippen molar-refractivity contribution < 1.29 is 13.7 Å². The second kappa shape index (κ2) is 8.03. The zero-order valence-corrected chi connectivity index (χ0v) is 16.5. The zero-order chi connectivity index (χ0) is 20.3. The Hall–Kier alpha value is -3.60. The lowest BCUT2D eigenvalue weighted by Crippen LogP contribution is -2.40. The Morgan fingerprint density at radius 2 is 1.83 bits per heavy atom. The van der Waals surface area contributed by atoms with Crippen LogP contribution in [0.4, 0.5) is 0 Å². The minimum absolute atomic E-state index is 0.00594. The van der Waals surface area contributed by atoms with Gasteiger partial charge in [0.15, 0.2) is 11.5 Å². The van der Waals surface area contributed by atoms with Crippen LogP contribution in [0.5, 0.6) is 0 Å². The van der Waals surface area contributed by atoms with Crippen molar-refractivity contribution in [3.63, 3.8) is 0 Å². The van der Waals surface area contributed by atoms with Crippen LogP contribution in [0.2, 0.25) is 0 Å². The molecule has 0 N–H and O–H groups in total. The minimum atomic E-state index is -0.107. The molecule has 5 rings (SSSR count). The molecule has 3 heterocycles. The van der Waals surface area contributed by atoms with E-state index in [1.807, 2.05) is 17.0 Å². The van der Waals surface area contributed by atoms with E-state index in [2.05, 4.69) is 47.6 Å². The Bertz CT molecular complexity index is 1130. The fourth-order valence-electron chi connectivity index (χ4n) is 4.21. The van der Waals surface area contributed by atoms with Crippen molar-refractivity contribution in [2.75, 3.05) is 6.54 Å². The third-order valence-corrected chi connectivity index (χ3v) is 5.72. The van der Waals surface area contributed by atoms with Gasteiger partial charge in [0, 0.05) is 12.6 Å². The summed E-state index contributed by atoms with van der Waals surface area (Å²) in [7, 11) is 0. The molecule has 0 saturated heterocycles. The van der Waals surface area contributed by atoms with Gasteiger partial charge in [-0.1, -0.05) is 59.8 Å². The van der Waals surface area contributed by atoms with Crippen molar-refractivity contribution in [3.8, 4) is 11.5 Å². The number of carbonyl (C=O) groups is 1. The maximum absolute atomic E-state index is 13.4. The van der Waals surface area contributed by atoms with Crippen LogP contribution in [0, 0.1) is 0 Å². The van der Waals surface area contributed by atoms with Crippen molar-refractivity contribution >= 4 is 5.91 Å². The molecule has 5 nitrogen and oxygen atoms in total. The summed E-state index contributed by atoms with van der Waals surface area (Å²) in [6.07, 6.45) is 4.17. The number of carbonyl (C=O) groups excluding carboxylic acids is 1. The fraction of sp³-hybridized carbons (Fsp3) is 0.200. The summed E-state index contributed by atoms with van der Waals surface area (Å²) in [5, 5.41) is 4.03. The molecule has 1 amide bonds.